The van der Waals surface area contributed by atoms with E-state index in [0.717, 1.165) is 78.5 Å². The number of aryl methyl sites for hydroxylation is 3. The summed E-state index contributed by atoms with van der Waals surface area (Å²) in [5.74, 6) is 1.76. The molecule has 0 amide bonds. The highest BCUT2D eigenvalue weighted by atomic mass is 16.4. The quantitative estimate of drug-likeness (QED) is 0.134. The molecule has 8 aromatic carbocycles. The molecule has 322 valence electrons. The molecule has 7 heteroatoms. The van der Waals surface area contributed by atoms with Crippen LogP contribution < -0.4 is 5.32 Å². The highest BCUT2D eigenvalue weighted by Crippen LogP contribution is 2.41. The zero-order chi connectivity index (χ0) is 45.4. The minimum atomic E-state index is -0.906. The van der Waals surface area contributed by atoms with Crippen molar-refractivity contribution in [1.82, 2.24) is 9.97 Å². The molecular weight excluding hydrogens is 815 g/mol. The van der Waals surface area contributed by atoms with Crippen LogP contribution in [0.3, 0.4) is 0 Å². The van der Waals surface area contributed by atoms with Gasteiger partial charge in [0, 0.05) is 39.1 Å². The average Bonchev–Trinajstić information content (AvgIpc) is 4.03. The molecule has 7 nitrogen and oxygen atoms in total. The summed E-state index contributed by atoms with van der Waals surface area (Å²) in [5.41, 5.74) is 16.0. The molecule has 2 aromatic heterocycles. The minimum Gasteiger partial charge on any atom is -0.480 e. The van der Waals surface area contributed by atoms with Crippen molar-refractivity contribution in [2.45, 2.75) is 20.8 Å². The number of benzene rings is 8. The summed E-state index contributed by atoms with van der Waals surface area (Å²) >= 11 is 0. The van der Waals surface area contributed by atoms with Crippen LogP contribution in [-0.2, 0) is 4.79 Å². The molecule has 0 unspecified atom stereocenters. The van der Waals surface area contributed by atoms with Gasteiger partial charge in [-0.1, -0.05) is 188 Å². The fourth-order valence-corrected chi connectivity index (χ4v) is 7.93. The summed E-state index contributed by atoms with van der Waals surface area (Å²) in [5, 5.41) is 12.1. The average molecular weight is 862 g/mol. The monoisotopic (exact) mass is 861 g/mol. The van der Waals surface area contributed by atoms with Gasteiger partial charge in [0.1, 0.15) is 17.9 Å². The Hall–Kier alpha value is -8.55. The maximum absolute atomic E-state index is 11.1. The predicted octanol–water partition coefficient (Wildman–Crippen LogP) is 15.1. The number of carboxylic acids is 1. The van der Waals surface area contributed by atoms with E-state index in [9.17, 15) is 4.79 Å². The van der Waals surface area contributed by atoms with Crippen LogP contribution in [0.5, 0.6) is 0 Å². The van der Waals surface area contributed by atoms with Crippen molar-refractivity contribution in [3.05, 3.63) is 223 Å². The number of nitrogens with one attached hydrogen (secondary N) is 1. The molecular formula is C59H47N3O4. The molecule has 0 aliphatic heterocycles. The van der Waals surface area contributed by atoms with Gasteiger partial charge >= 0.3 is 5.97 Å². The molecule has 2 heterocycles. The largest absolute Gasteiger partial charge is 0.480 e. The number of oxazole rings is 2. The number of aliphatic carboxylic acids is 1. The lowest BCUT2D eigenvalue weighted by molar-refractivity contribution is -0.134. The topological polar surface area (TPSA) is 101 Å². The van der Waals surface area contributed by atoms with Gasteiger partial charge in [0.2, 0.25) is 11.8 Å². The summed E-state index contributed by atoms with van der Waals surface area (Å²) in [4.78, 5) is 21.0. The van der Waals surface area contributed by atoms with Gasteiger partial charge in [0.15, 0.2) is 11.5 Å². The van der Waals surface area contributed by atoms with Crippen LogP contribution >= 0.6 is 0 Å². The minimum absolute atomic E-state index is 0.146. The normalized spacial score (nSPS) is 10.8. The maximum atomic E-state index is 11.1. The van der Waals surface area contributed by atoms with Crippen LogP contribution in [0.4, 0.5) is 5.69 Å². The van der Waals surface area contributed by atoms with Gasteiger partial charge in [0.05, 0.1) is 0 Å². The third kappa shape index (κ3) is 9.37. The fourth-order valence-electron chi connectivity index (χ4n) is 7.93. The Morgan fingerprint density at radius 3 is 1.23 bits per heavy atom. The lowest BCUT2D eigenvalue weighted by Crippen LogP contribution is -2.13. The molecule has 0 spiro atoms. The Morgan fingerprint density at radius 2 is 0.803 bits per heavy atom. The van der Waals surface area contributed by atoms with Gasteiger partial charge in [-0.15, -0.1) is 0 Å². The molecule has 0 aliphatic rings. The van der Waals surface area contributed by atoms with Gasteiger partial charge in [-0.05, 0) is 77.9 Å². The van der Waals surface area contributed by atoms with Crippen molar-refractivity contribution in [3.8, 4) is 90.3 Å². The summed E-state index contributed by atoms with van der Waals surface area (Å²) < 4.78 is 12.9. The molecule has 10 aromatic rings. The van der Waals surface area contributed by atoms with Gasteiger partial charge in [-0.2, -0.15) is 0 Å². The Labute approximate surface area is 384 Å². The SMILES string of the molecule is Cc1ccc(-c2ccccc2-c2nc(-c3ccccc3)c(-c3ccccc3)o2)cc1C.Cc1ccc(-c2ccccc2-c2nc(-c3ccccc3)c(-c3ccccc3)o2)cc1NCC(=O)O. The number of carboxylic acid groups (broad SMARTS) is 1. The lowest BCUT2D eigenvalue weighted by atomic mass is 9.96. The Kier molecular flexibility index (Phi) is 12.6. The smallest absolute Gasteiger partial charge is 0.322 e. The van der Waals surface area contributed by atoms with Crippen LogP contribution in [-0.4, -0.2) is 27.6 Å². The fraction of sp³-hybridized carbons (Fsp3) is 0.0678. The Morgan fingerprint density at radius 1 is 0.424 bits per heavy atom. The molecule has 0 fully saturated rings. The number of anilines is 1. The molecule has 2 N–H and O–H groups in total. The van der Waals surface area contributed by atoms with Crippen LogP contribution in [0.2, 0.25) is 0 Å². The van der Waals surface area contributed by atoms with Gasteiger partial charge in [-0.25, -0.2) is 9.97 Å². The molecule has 0 bridgehead atoms. The molecule has 0 atom stereocenters. The van der Waals surface area contributed by atoms with E-state index in [0.29, 0.717) is 17.5 Å². The second kappa shape index (κ2) is 19.5. The van der Waals surface area contributed by atoms with Crippen molar-refractivity contribution < 1.29 is 18.7 Å². The molecule has 0 aliphatic carbocycles. The van der Waals surface area contributed by atoms with Gasteiger partial charge in [-0.3, -0.25) is 4.79 Å². The van der Waals surface area contributed by atoms with E-state index in [2.05, 4.69) is 79.8 Å². The molecule has 66 heavy (non-hydrogen) atoms. The third-order valence-corrected chi connectivity index (χ3v) is 11.5. The van der Waals surface area contributed by atoms with Crippen LogP contribution in [0.15, 0.2) is 215 Å². The standard InChI is InChI=1S/C30H24N2O3.C29H23NO/c1-20-16-17-23(18-26(20)31-19-27(33)34)24-14-8-9-15-25(24)30-32-28(21-10-4-2-5-11-21)29(35-30)22-12-6-3-7-13-22;1-20-17-18-24(19-21(20)2)25-15-9-10-16-26(25)29-30-27(22-11-5-3-6-12-22)28(31-29)23-13-7-4-8-14-23/h2-18,31H,19H2,1H3,(H,33,34);3-19H,1-2H3. The van der Waals surface area contributed by atoms with E-state index >= 15 is 0 Å². The summed E-state index contributed by atoms with van der Waals surface area (Å²) in [6, 6.07) is 69.2. The first-order chi connectivity index (χ1) is 32.3. The van der Waals surface area contributed by atoms with Crippen molar-refractivity contribution in [3.63, 3.8) is 0 Å². The zero-order valence-corrected chi connectivity index (χ0v) is 36.9. The van der Waals surface area contributed by atoms with Crippen LogP contribution in [0.1, 0.15) is 16.7 Å². The summed E-state index contributed by atoms with van der Waals surface area (Å²) in [6.45, 7) is 6.09. The summed E-state index contributed by atoms with van der Waals surface area (Å²) in [7, 11) is 0. The molecule has 0 saturated carbocycles. The van der Waals surface area contributed by atoms with Crippen LogP contribution in [0.25, 0.3) is 90.3 Å². The van der Waals surface area contributed by atoms with E-state index in [1.807, 2.05) is 153 Å². The van der Waals surface area contributed by atoms with Crippen molar-refractivity contribution >= 4 is 11.7 Å². The van der Waals surface area contributed by atoms with E-state index in [1.165, 1.54) is 16.7 Å². The highest BCUT2D eigenvalue weighted by molar-refractivity contribution is 5.87. The number of aromatic nitrogens is 2. The van der Waals surface area contributed by atoms with E-state index < -0.39 is 5.97 Å². The second-order valence-corrected chi connectivity index (χ2v) is 16.0. The first-order valence-corrected chi connectivity index (χ1v) is 21.9. The maximum Gasteiger partial charge on any atom is 0.322 e. The van der Waals surface area contributed by atoms with E-state index in [4.69, 9.17) is 23.9 Å². The Balaban J connectivity index is 0.000000167. The van der Waals surface area contributed by atoms with Crippen molar-refractivity contribution in [2.24, 2.45) is 0 Å². The number of carbonyl (C=O) groups is 1. The molecule has 10 rings (SSSR count). The van der Waals surface area contributed by atoms with Gasteiger partial charge in [0.25, 0.3) is 0 Å². The van der Waals surface area contributed by atoms with Crippen molar-refractivity contribution in [2.75, 3.05) is 11.9 Å². The molecule has 0 saturated heterocycles. The first kappa shape index (κ1) is 42.7. The van der Waals surface area contributed by atoms with Crippen LogP contribution in [0, 0.1) is 20.8 Å². The number of nitrogens with zero attached hydrogens (tertiary/aromatic N) is 2. The second-order valence-electron chi connectivity index (χ2n) is 16.0. The first-order valence-electron chi connectivity index (χ1n) is 21.9. The highest BCUT2D eigenvalue weighted by Gasteiger charge is 2.22. The van der Waals surface area contributed by atoms with E-state index in [1.54, 1.807) is 0 Å². The van der Waals surface area contributed by atoms with E-state index in [-0.39, 0.29) is 6.54 Å². The predicted molar refractivity (Wildman–Crippen MR) is 267 cm³/mol. The zero-order valence-electron chi connectivity index (χ0n) is 36.9. The number of hydrogen-bond acceptors (Lipinski definition) is 6. The Bertz CT molecular complexity index is 3140. The third-order valence-electron chi connectivity index (χ3n) is 11.5. The summed E-state index contributed by atoms with van der Waals surface area (Å²) in [6.07, 6.45) is 0. The number of hydrogen-bond donors (Lipinski definition) is 2. The number of rotatable bonds is 11. The lowest BCUT2D eigenvalue weighted by Gasteiger charge is -2.12. The van der Waals surface area contributed by atoms with Gasteiger partial charge < -0.3 is 19.3 Å². The molecule has 0 radical (unpaired) electrons. The van der Waals surface area contributed by atoms with Crippen molar-refractivity contribution in [1.29, 1.82) is 0 Å².